The second kappa shape index (κ2) is 8.58. The number of methoxy groups -OCH3 is 1. The summed E-state index contributed by atoms with van der Waals surface area (Å²) in [5, 5.41) is 0. The molecule has 5 nitrogen and oxygen atoms in total. The van der Waals surface area contributed by atoms with E-state index in [0.717, 1.165) is 18.4 Å². The van der Waals surface area contributed by atoms with Crippen molar-refractivity contribution in [2.45, 2.75) is 26.3 Å². The van der Waals surface area contributed by atoms with E-state index in [-0.39, 0.29) is 11.8 Å². The highest BCUT2D eigenvalue weighted by Gasteiger charge is 2.43. The number of fused-ring (bicyclic) bond motifs is 1. The van der Waals surface area contributed by atoms with Crippen molar-refractivity contribution in [3.05, 3.63) is 101 Å². The number of ether oxygens (including phenoxy) is 1. The summed E-state index contributed by atoms with van der Waals surface area (Å²) in [6.07, 6.45) is 1.72. The van der Waals surface area contributed by atoms with Crippen LogP contribution in [0.1, 0.15) is 29.2 Å². The van der Waals surface area contributed by atoms with Gasteiger partial charge in [0.15, 0.2) is 0 Å². The summed E-state index contributed by atoms with van der Waals surface area (Å²) in [4.78, 5) is 31.0. The van der Waals surface area contributed by atoms with Gasteiger partial charge in [-0.3, -0.25) is 9.59 Å². The van der Waals surface area contributed by atoms with Crippen LogP contribution in [-0.4, -0.2) is 30.4 Å². The third kappa shape index (κ3) is 3.59. The molecule has 0 unspecified atom stereocenters. The topological polar surface area (TPSA) is 49.9 Å². The van der Waals surface area contributed by atoms with Crippen molar-refractivity contribution in [3.63, 3.8) is 0 Å². The highest BCUT2D eigenvalue weighted by atomic mass is 16.5. The highest BCUT2D eigenvalue weighted by Crippen LogP contribution is 2.39. The van der Waals surface area contributed by atoms with Crippen molar-refractivity contribution in [1.82, 2.24) is 4.90 Å². The molecule has 0 aromatic heterocycles. The molecule has 33 heavy (non-hydrogen) atoms. The minimum atomic E-state index is -0.317. The number of aryl methyl sites for hydroxylation is 1. The van der Waals surface area contributed by atoms with Crippen LogP contribution >= 0.6 is 0 Å². The van der Waals surface area contributed by atoms with Crippen LogP contribution in [0.2, 0.25) is 0 Å². The van der Waals surface area contributed by atoms with Crippen LogP contribution in [0.15, 0.2) is 78.5 Å². The van der Waals surface area contributed by atoms with Crippen molar-refractivity contribution >= 4 is 23.1 Å². The summed E-state index contributed by atoms with van der Waals surface area (Å²) >= 11 is 0. The molecule has 0 spiro atoms. The van der Waals surface area contributed by atoms with Gasteiger partial charge in [0.2, 0.25) is 0 Å². The zero-order chi connectivity index (χ0) is 22.9. The van der Waals surface area contributed by atoms with Gasteiger partial charge in [0, 0.05) is 18.7 Å². The molecule has 3 aromatic rings. The number of amides is 2. The van der Waals surface area contributed by atoms with Crippen molar-refractivity contribution in [3.8, 4) is 5.75 Å². The minimum absolute atomic E-state index is 0.287. The fourth-order valence-electron chi connectivity index (χ4n) is 4.71. The Morgan fingerprint density at radius 2 is 1.55 bits per heavy atom. The summed E-state index contributed by atoms with van der Waals surface area (Å²) in [6.45, 7) is 3.34. The number of rotatable bonds is 5. The van der Waals surface area contributed by atoms with Gasteiger partial charge in [0.25, 0.3) is 11.8 Å². The Balaban J connectivity index is 1.63. The van der Waals surface area contributed by atoms with Crippen LogP contribution in [0.3, 0.4) is 0 Å². The summed E-state index contributed by atoms with van der Waals surface area (Å²) in [5.41, 5.74) is 5.69. The van der Waals surface area contributed by atoms with Crippen molar-refractivity contribution < 1.29 is 14.3 Å². The van der Waals surface area contributed by atoms with Crippen LogP contribution in [0, 0.1) is 0 Å². The fraction of sp³-hybridized carbons (Fsp3) is 0.214. The molecule has 0 saturated heterocycles. The molecule has 0 radical (unpaired) electrons. The Bertz CT molecular complexity index is 1260. The first-order valence-electron chi connectivity index (χ1n) is 11.3. The molecule has 0 saturated carbocycles. The molecule has 3 aromatic carbocycles. The molecular formula is C28H26N2O3. The predicted molar refractivity (Wildman–Crippen MR) is 129 cm³/mol. The summed E-state index contributed by atoms with van der Waals surface area (Å²) in [6, 6.07) is 23.3. The molecule has 0 fully saturated rings. The maximum absolute atomic E-state index is 13.8. The van der Waals surface area contributed by atoms with Gasteiger partial charge in [-0.05, 0) is 47.7 Å². The lowest BCUT2D eigenvalue weighted by Crippen LogP contribution is -2.37. The van der Waals surface area contributed by atoms with Gasteiger partial charge in [-0.15, -0.1) is 0 Å². The zero-order valence-corrected chi connectivity index (χ0v) is 18.9. The third-order valence-corrected chi connectivity index (χ3v) is 6.49. The van der Waals surface area contributed by atoms with E-state index in [2.05, 4.69) is 19.1 Å². The van der Waals surface area contributed by atoms with Crippen LogP contribution in [0.4, 0.5) is 5.69 Å². The molecule has 2 amide bonds. The van der Waals surface area contributed by atoms with Crippen molar-refractivity contribution in [2.24, 2.45) is 0 Å². The monoisotopic (exact) mass is 438 g/mol. The lowest BCUT2D eigenvalue weighted by Gasteiger charge is -2.31. The van der Waals surface area contributed by atoms with Gasteiger partial charge in [0.05, 0.1) is 18.4 Å². The molecule has 2 aliphatic rings. The number of benzene rings is 3. The molecule has 0 N–H and O–H groups in total. The van der Waals surface area contributed by atoms with Crippen LogP contribution in [0.5, 0.6) is 5.75 Å². The maximum Gasteiger partial charge on any atom is 0.282 e. The normalized spacial score (nSPS) is 15.8. The second-order valence-corrected chi connectivity index (χ2v) is 8.33. The van der Waals surface area contributed by atoms with Gasteiger partial charge < -0.3 is 9.64 Å². The SMILES string of the molecule is CCc1ccc(N2C(=O)C(c3ccccc3OC)=C(N3CCc4ccccc4C3)C2=O)cc1. The zero-order valence-electron chi connectivity index (χ0n) is 18.9. The minimum Gasteiger partial charge on any atom is -0.496 e. The predicted octanol–water partition coefficient (Wildman–Crippen LogP) is 4.60. The summed E-state index contributed by atoms with van der Waals surface area (Å²) in [7, 11) is 1.58. The number of anilines is 1. The smallest absolute Gasteiger partial charge is 0.282 e. The number of nitrogens with zero attached hydrogens (tertiary/aromatic N) is 2. The molecule has 5 rings (SSSR count). The van der Waals surface area contributed by atoms with Gasteiger partial charge in [-0.1, -0.05) is 61.5 Å². The molecule has 5 heteroatoms. The number of imide groups is 1. The first-order chi connectivity index (χ1) is 16.1. The largest absolute Gasteiger partial charge is 0.496 e. The van der Waals surface area contributed by atoms with Crippen LogP contribution < -0.4 is 9.64 Å². The number of carbonyl (C=O) groups is 2. The number of hydrogen-bond acceptors (Lipinski definition) is 4. The molecule has 0 atom stereocenters. The average molecular weight is 439 g/mol. The Kier molecular flexibility index (Phi) is 5.47. The van der Waals surface area contributed by atoms with Gasteiger partial charge in [0.1, 0.15) is 11.4 Å². The van der Waals surface area contributed by atoms with Crippen LogP contribution in [0.25, 0.3) is 5.57 Å². The van der Waals surface area contributed by atoms with E-state index < -0.39 is 0 Å². The maximum atomic E-state index is 13.8. The lowest BCUT2D eigenvalue weighted by atomic mass is 9.97. The summed E-state index contributed by atoms with van der Waals surface area (Å²) in [5.74, 6) is -0.0288. The second-order valence-electron chi connectivity index (χ2n) is 8.33. The van der Waals surface area contributed by atoms with E-state index in [1.165, 1.54) is 16.0 Å². The van der Waals surface area contributed by atoms with E-state index >= 15 is 0 Å². The van der Waals surface area contributed by atoms with E-state index in [0.29, 0.717) is 41.4 Å². The molecular weight excluding hydrogens is 412 g/mol. The van der Waals surface area contributed by atoms with E-state index in [9.17, 15) is 9.59 Å². The molecule has 166 valence electrons. The van der Waals surface area contributed by atoms with Gasteiger partial charge in [-0.2, -0.15) is 0 Å². The Hall–Kier alpha value is -3.86. The number of carbonyl (C=O) groups excluding carboxylic acids is 2. The summed E-state index contributed by atoms with van der Waals surface area (Å²) < 4.78 is 5.57. The number of hydrogen-bond donors (Lipinski definition) is 0. The van der Waals surface area contributed by atoms with Crippen molar-refractivity contribution in [2.75, 3.05) is 18.6 Å². The Morgan fingerprint density at radius 3 is 2.27 bits per heavy atom. The molecule has 0 aliphatic carbocycles. The lowest BCUT2D eigenvalue weighted by molar-refractivity contribution is -0.120. The first-order valence-corrected chi connectivity index (χ1v) is 11.3. The number of para-hydroxylation sites is 1. The average Bonchev–Trinajstić information content (AvgIpc) is 3.13. The van der Waals surface area contributed by atoms with E-state index in [1.807, 2.05) is 65.6 Å². The van der Waals surface area contributed by atoms with E-state index in [1.54, 1.807) is 7.11 Å². The quantitative estimate of drug-likeness (QED) is 0.547. The molecule has 2 heterocycles. The molecule has 2 aliphatic heterocycles. The van der Waals surface area contributed by atoms with Gasteiger partial charge >= 0.3 is 0 Å². The highest BCUT2D eigenvalue weighted by molar-refractivity contribution is 6.45. The van der Waals surface area contributed by atoms with E-state index in [4.69, 9.17) is 4.74 Å². The van der Waals surface area contributed by atoms with Gasteiger partial charge in [-0.25, -0.2) is 4.90 Å². The molecule has 0 bridgehead atoms. The Morgan fingerprint density at radius 1 is 0.848 bits per heavy atom. The fourth-order valence-corrected chi connectivity index (χ4v) is 4.71. The Labute approximate surface area is 193 Å². The third-order valence-electron chi connectivity index (χ3n) is 6.49. The standard InChI is InChI=1S/C28H26N2O3/c1-3-19-12-14-22(15-13-19)30-27(31)25(23-10-6-7-11-24(23)33-2)26(28(30)32)29-17-16-20-8-4-5-9-21(20)18-29/h4-15H,3,16-18H2,1-2H3. The van der Waals surface area contributed by atoms with Crippen molar-refractivity contribution in [1.29, 1.82) is 0 Å². The first kappa shape index (κ1) is 21.0. The van der Waals surface area contributed by atoms with Crippen LogP contribution in [-0.2, 0) is 29.0 Å².